The Kier molecular flexibility index (Phi) is 5.46. The maximum absolute atomic E-state index is 12.2. The van der Waals surface area contributed by atoms with Gasteiger partial charge in [-0.2, -0.15) is 0 Å². The molecule has 0 aromatic heterocycles. The highest BCUT2D eigenvalue weighted by atomic mass is 16.6. The van der Waals surface area contributed by atoms with Gasteiger partial charge in [-0.25, -0.2) is 0 Å². The Bertz CT molecular complexity index is 613. The monoisotopic (exact) mass is 366 g/mol. The fraction of sp³-hybridized carbons (Fsp3) is 0.789. The van der Waals surface area contributed by atoms with Gasteiger partial charge in [0.25, 0.3) is 0 Å². The number of hydrogen-bond donors (Lipinski definition) is 0. The smallest absolute Gasteiger partial charge is 0.308 e. The summed E-state index contributed by atoms with van der Waals surface area (Å²) >= 11 is 0. The molecule has 26 heavy (non-hydrogen) atoms. The second-order valence-electron chi connectivity index (χ2n) is 7.60. The standard InChI is InChI=1S/C19H26O7/c1-4-9(2)19(23)24-7-5-6-13(22)25-17-11-8-12(21)15-14(10(3)20)18(17)26-16(11)15/h9,11,14-18H,4-8H2,1-3H3. The summed E-state index contributed by atoms with van der Waals surface area (Å²) in [6, 6.07) is 0. The van der Waals surface area contributed by atoms with E-state index in [0.29, 0.717) is 19.3 Å². The van der Waals surface area contributed by atoms with Crippen molar-refractivity contribution in [3.63, 3.8) is 0 Å². The topological polar surface area (TPSA) is 96.0 Å². The van der Waals surface area contributed by atoms with E-state index in [1.807, 2.05) is 6.92 Å². The minimum Gasteiger partial charge on any atom is -0.465 e. The molecule has 7 atom stereocenters. The van der Waals surface area contributed by atoms with Crippen LogP contribution in [0, 0.1) is 23.7 Å². The molecule has 2 aliphatic heterocycles. The van der Waals surface area contributed by atoms with Crippen molar-refractivity contribution in [2.75, 3.05) is 6.61 Å². The van der Waals surface area contributed by atoms with Crippen LogP contribution in [0.3, 0.4) is 0 Å². The molecule has 2 bridgehead atoms. The zero-order chi connectivity index (χ0) is 19.0. The number of ether oxygens (including phenoxy) is 3. The lowest BCUT2D eigenvalue weighted by atomic mass is 9.76. The average molecular weight is 366 g/mol. The third-order valence-corrected chi connectivity index (χ3v) is 5.91. The van der Waals surface area contributed by atoms with Crippen molar-refractivity contribution < 1.29 is 33.4 Å². The van der Waals surface area contributed by atoms with Crippen LogP contribution in [0.25, 0.3) is 0 Å². The number of Topliss-reactive ketones (excluding diaryl/α,β-unsaturated/α-hetero) is 2. The van der Waals surface area contributed by atoms with Crippen molar-refractivity contribution in [3.05, 3.63) is 0 Å². The van der Waals surface area contributed by atoms with Gasteiger partial charge in [-0.15, -0.1) is 0 Å². The predicted octanol–water partition coefficient (Wildman–Crippen LogP) is 1.46. The Labute approximate surface area is 152 Å². The van der Waals surface area contributed by atoms with Gasteiger partial charge < -0.3 is 14.2 Å². The van der Waals surface area contributed by atoms with Crippen LogP contribution >= 0.6 is 0 Å². The van der Waals surface area contributed by atoms with Crippen molar-refractivity contribution >= 4 is 23.5 Å². The summed E-state index contributed by atoms with van der Waals surface area (Å²) in [6.07, 6.45) is 0.180. The molecule has 0 spiro atoms. The van der Waals surface area contributed by atoms with E-state index in [1.54, 1.807) is 6.92 Å². The Hall–Kier alpha value is -1.76. The molecular formula is C19H26O7. The van der Waals surface area contributed by atoms with Crippen molar-refractivity contribution in [1.29, 1.82) is 0 Å². The molecule has 7 nitrogen and oxygen atoms in total. The van der Waals surface area contributed by atoms with E-state index in [4.69, 9.17) is 14.2 Å². The van der Waals surface area contributed by atoms with E-state index in [0.717, 1.165) is 0 Å². The van der Waals surface area contributed by atoms with E-state index in [9.17, 15) is 19.2 Å². The van der Waals surface area contributed by atoms with E-state index in [-0.39, 0.29) is 54.4 Å². The SMILES string of the molecule is CCC(C)C(=O)OCCCC(=O)OC1C2CC(=O)C3C2OC1C3C(C)=O. The Morgan fingerprint density at radius 1 is 1.27 bits per heavy atom. The highest BCUT2D eigenvalue weighted by Crippen LogP contribution is 2.55. The van der Waals surface area contributed by atoms with E-state index >= 15 is 0 Å². The van der Waals surface area contributed by atoms with Gasteiger partial charge >= 0.3 is 11.9 Å². The first-order valence-corrected chi connectivity index (χ1v) is 9.39. The normalized spacial score (nSPS) is 35.4. The lowest BCUT2D eigenvalue weighted by molar-refractivity contribution is -0.157. The van der Waals surface area contributed by atoms with Crippen molar-refractivity contribution in [1.82, 2.24) is 0 Å². The lowest BCUT2D eigenvalue weighted by Crippen LogP contribution is -2.44. The fourth-order valence-electron chi connectivity index (χ4n) is 4.37. The molecule has 7 unspecified atom stereocenters. The quantitative estimate of drug-likeness (QED) is 0.474. The molecule has 3 rings (SSSR count). The second-order valence-corrected chi connectivity index (χ2v) is 7.60. The summed E-state index contributed by atoms with van der Waals surface area (Å²) in [5.74, 6) is -1.87. The Morgan fingerprint density at radius 2 is 2.00 bits per heavy atom. The fourth-order valence-corrected chi connectivity index (χ4v) is 4.37. The first kappa shape index (κ1) is 19.0. The zero-order valence-electron chi connectivity index (χ0n) is 15.4. The molecule has 1 aliphatic carbocycles. The first-order valence-electron chi connectivity index (χ1n) is 9.39. The van der Waals surface area contributed by atoms with Crippen molar-refractivity contribution in [2.24, 2.45) is 23.7 Å². The van der Waals surface area contributed by atoms with E-state index in [1.165, 1.54) is 6.92 Å². The highest BCUT2D eigenvalue weighted by Gasteiger charge is 2.68. The molecular weight excluding hydrogens is 340 g/mol. The van der Waals surface area contributed by atoms with Gasteiger partial charge in [0.1, 0.15) is 23.8 Å². The van der Waals surface area contributed by atoms with Crippen molar-refractivity contribution in [2.45, 2.75) is 64.8 Å². The molecule has 1 saturated carbocycles. The van der Waals surface area contributed by atoms with Crippen molar-refractivity contribution in [3.8, 4) is 0 Å². The number of esters is 2. The molecule has 3 aliphatic rings. The largest absolute Gasteiger partial charge is 0.465 e. The first-order chi connectivity index (χ1) is 12.3. The molecule has 3 fully saturated rings. The third-order valence-electron chi connectivity index (χ3n) is 5.91. The molecule has 2 heterocycles. The van der Waals surface area contributed by atoms with Gasteiger partial charge in [0.05, 0.1) is 30.5 Å². The predicted molar refractivity (Wildman–Crippen MR) is 89.0 cm³/mol. The van der Waals surface area contributed by atoms with Gasteiger partial charge in [-0.3, -0.25) is 19.2 Å². The molecule has 144 valence electrons. The third kappa shape index (κ3) is 3.29. The molecule has 0 N–H and O–H groups in total. The van der Waals surface area contributed by atoms with Gasteiger partial charge in [-0.1, -0.05) is 13.8 Å². The molecule has 0 aromatic rings. The number of ketones is 2. The summed E-state index contributed by atoms with van der Waals surface area (Å²) in [7, 11) is 0. The second kappa shape index (κ2) is 7.47. The summed E-state index contributed by atoms with van der Waals surface area (Å²) in [4.78, 5) is 47.8. The summed E-state index contributed by atoms with van der Waals surface area (Å²) in [5.41, 5.74) is 0. The maximum atomic E-state index is 12.2. The van der Waals surface area contributed by atoms with E-state index < -0.39 is 24.1 Å². The van der Waals surface area contributed by atoms with Crippen LogP contribution in [0.1, 0.15) is 46.5 Å². The van der Waals surface area contributed by atoms with Crippen LogP contribution in [0.5, 0.6) is 0 Å². The van der Waals surface area contributed by atoms with Crippen LogP contribution in [-0.2, 0) is 33.4 Å². The lowest BCUT2D eigenvalue weighted by Gasteiger charge is -2.29. The Balaban J connectivity index is 1.49. The number of carbonyl (C=O) groups excluding carboxylic acids is 4. The minimum atomic E-state index is -0.535. The molecule has 0 aromatic carbocycles. The Morgan fingerprint density at radius 3 is 2.65 bits per heavy atom. The van der Waals surface area contributed by atoms with Crippen LogP contribution in [0.4, 0.5) is 0 Å². The molecule has 2 saturated heterocycles. The number of fused-ring (bicyclic) bond motifs is 1. The van der Waals surface area contributed by atoms with Crippen LogP contribution in [0.15, 0.2) is 0 Å². The summed E-state index contributed by atoms with van der Waals surface area (Å²) in [5, 5.41) is 0. The highest BCUT2D eigenvalue weighted by molar-refractivity contribution is 5.93. The number of carbonyl (C=O) groups is 4. The van der Waals surface area contributed by atoms with Crippen LogP contribution < -0.4 is 0 Å². The van der Waals surface area contributed by atoms with E-state index in [2.05, 4.69) is 0 Å². The van der Waals surface area contributed by atoms with Crippen LogP contribution in [0.2, 0.25) is 0 Å². The summed E-state index contributed by atoms with van der Waals surface area (Å²) < 4.78 is 16.5. The van der Waals surface area contributed by atoms with Gasteiger partial charge in [0, 0.05) is 18.8 Å². The number of hydrogen-bond acceptors (Lipinski definition) is 7. The molecule has 0 amide bonds. The molecule has 7 heteroatoms. The number of rotatable bonds is 8. The van der Waals surface area contributed by atoms with Gasteiger partial charge in [-0.05, 0) is 19.8 Å². The summed E-state index contributed by atoms with van der Waals surface area (Å²) in [6.45, 7) is 5.34. The minimum absolute atomic E-state index is 0.0400. The van der Waals surface area contributed by atoms with Gasteiger partial charge in [0.2, 0.25) is 0 Å². The molecule has 0 radical (unpaired) electrons. The maximum Gasteiger partial charge on any atom is 0.308 e. The average Bonchev–Trinajstić information content (AvgIpc) is 3.21. The van der Waals surface area contributed by atoms with Gasteiger partial charge in [0.15, 0.2) is 0 Å². The zero-order valence-corrected chi connectivity index (χ0v) is 15.4. The van der Waals surface area contributed by atoms with Crippen LogP contribution in [-0.4, -0.2) is 48.4 Å².